The molecule has 0 radical (unpaired) electrons. The first-order valence-electron chi connectivity index (χ1n) is 7.80. The van der Waals surface area contributed by atoms with Crippen molar-refractivity contribution in [2.75, 3.05) is 7.11 Å². The molecule has 1 heterocycles. The topological polar surface area (TPSA) is 55.8 Å². The minimum Gasteiger partial charge on any atom is -0.467 e. The van der Waals surface area contributed by atoms with Crippen LogP contribution in [0.5, 0.6) is 0 Å². The van der Waals surface area contributed by atoms with Gasteiger partial charge in [0.05, 0.1) is 13.2 Å². The number of rotatable bonds is 4. The van der Waals surface area contributed by atoms with Crippen molar-refractivity contribution in [1.82, 2.24) is 4.90 Å². The van der Waals surface area contributed by atoms with Gasteiger partial charge in [-0.05, 0) is 18.1 Å². The summed E-state index contributed by atoms with van der Waals surface area (Å²) < 4.78 is 10.5. The first-order chi connectivity index (χ1) is 11.6. The predicted molar refractivity (Wildman–Crippen MR) is 88.2 cm³/mol. The molecule has 1 aliphatic heterocycles. The molecular weight excluding hydrogens is 306 g/mol. The molecule has 2 aromatic rings. The normalized spacial score (nSPS) is 21.2. The number of hydrogen-bond acceptors (Lipinski definition) is 4. The van der Waals surface area contributed by atoms with Gasteiger partial charge in [0.25, 0.3) is 0 Å². The standard InChI is InChI=1S/C19H19NO4/c1-13(14-9-5-3-6-10-14)20-16(18(21)23-2)17(24-19(20)22)15-11-7-4-8-12-15/h3-13,16-17H,1-2H3. The third-order valence-corrected chi connectivity index (χ3v) is 4.30. The highest BCUT2D eigenvalue weighted by Gasteiger charge is 2.49. The summed E-state index contributed by atoms with van der Waals surface area (Å²) in [5.41, 5.74) is 1.70. The summed E-state index contributed by atoms with van der Waals surface area (Å²) in [5.74, 6) is -0.488. The van der Waals surface area contributed by atoms with E-state index in [0.29, 0.717) is 0 Å². The minimum absolute atomic E-state index is 0.309. The number of hydrogen-bond donors (Lipinski definition) is 0. The number of ether oxygens (including phenoxy) is 2. The lowest BCUT2D eigenvalue weighted by molar-refractivity contribution is -0.147. The van der Waals surface area contributed by atoms with E-state index in [1.54, 1.807) is 0 Å². The van der Waals surface area contributed by atoms with Gasteiger partial charge in [-0.25, -0.2) is 9.59 Å². The summed E-state index contributed by atoms with van der Waals surface area (Å²) >= 11 is 0. The zero-order valence-electron chi connectivity index (χ0n) is 13.6. The molecule has 124 valence electrons. The largest absolute Gasteiger partial charge is 0.467 e. The molecule has 0 saturated carbocycles. The molecule has 2 aromatic carbocycles. The first-order valence-corrected chi connectivity index (χ1v) is 7.80. The molecule has 3 unspecified atom stereocenters. The highest BCUT2D eigenvalue weighted by molar-refractivity contribution is 5.85. The van der Waals surface area contributed by atoms with Crippen LogP contribution in [-0.4, -0.2) is 30.1 Å². The second kappa shape index (κ2) is 6.74. The highest BCUT2D eigenvalue weighted by Crippen LogP contribution is 2.38. The molecule has 0 bridgehead atoms. The van der Waals surface area contributed by atoms with Crippen LogP contribution in [-0.2, 0) is 14.3 Å². The average Bonchev–Trinajstić information content (AvgIpc) is 2.99. The molecule has 5 nitrogen and oxygen atoms in total. The average molecular weight is 325 g/mol. The van der Waals surface area contributed by atoms with Crippen molar-refractivity contribution >= 4 is 12.1 Å². The third-order valence-electron chi connectivity index (χ3n) is 4.30. The van der Waals surface area contributed by atoms with Gasteiger partial charge in [0, 0.05) is 0 Å². The van der Waals surface area contributed by atoms with Crippen molar-refractivity contribution in [3.05, 3.63) is 71.8 Å². The van der Waals surface area contributed by atoms with Crippen molar-refractivity contribution < 1.29 is 19.1 Å². The maximum atomic E-state index is 12.5. The van der Waals surface area contributed by atoms with Crippen LogP contribution in [0.3, 0.4) is 0 Å². The Morgan fingerprint density at radius 1 is 1.08 bits per heavy atom. The molecule has 0 spiro atoms. The van der Waals surface area contributed by atoms with E-state index in [2.05, 4.69) is 0 Å². The number of amides is 1. The number of benzene rings is 2. The van der Waals surface area contributed by atoms with Crippen LogP contribution in [0.2, 0.25) is 0 Å². The Hall–Kier alpha value is -2.82. The summed E-state index contributed by atoms with van der Waals surface area (Å²) in [4.78, 5) is 26.4. The third kappa shape index (κ3) is 2.85. The van der Waals surface area contributed by atoms with Crippen molar-refractivity contribution in [1.29, 1.82) is 0 Å². The van der Waals surface area contributed by atoms with E-state index in [1.165, 1.54) is 12.0 Å². The Labute approximate surface area is 140 Å². The Kier molecular flexibility index (Phi) is 4.51. The maximum absolute atomic E-state index is 12.5. The van der Waals surface area contributed by atoms with Crippen molar-refractivity contribution in [2.45, 2.75) is 25.1 Å². The van der Waals surface area contributed by atoms with Gasteiger partial charge in [-0.15, -0.1) is 0 Å². The smallest absolute Gasteiger partial charge is 0.411 e. The van der Waals surface area contributed by atoms with Gasteiger partial charge in [-0.3, -0.25) is 4.90 Å². The summed E-state index contributed by atoms with van der Waals surface area (Å²) in [6.45, 7) is 1.87. The fourth-order valence-corrected chi connectivity index (χ4v) is 3.04. The number of esters is 1. The summed E-state index contributed by atoms with van der Waals surface area (Å²) in [6.07, 6.45) is -1.20. The van der Waals surface area contributed by atoms with Gasteiger partial charge in [0.15, 0.2) is 12.1 Å². The molecule has 1 aliphatic rings. The van der Waals surface area contributed by atoms with E-state index in [-0.39, 0.29) is 6.04 Å². The molecule has 0 aliphatic carbocycles. The second-order valence-corrected chi connectivity index (χ2v) is 5.68. The van der Waals surface area contributed by atoms with Gasteiger partial charge < -0.3 is 9.47 Å². The molecule has 5 heteroatoms. The van der Waals surface area contributed by atoms with Crippen molar-refractivity contribution in [3.8, 4) is 0 Å². The van der Waals surface area contributed by atoms with Crippen LogP contribution in [0.15, 0.2) is 60.7 Å². The van der Waals surface area contributed by atoms with E-state index in [9.17, 15) is 9.59 Å². The first kappa shape index (κ1) is 16.1. The van der Waals surface area contributed by atoms with E-state index in [0.717, 1.165) is 11.1 Å². The zero-order chi connectivity index (χ0) is 17.1. The quantitative estimate of drug-likeness (QED) is 0.808. The molecule has 0 N–H and O–H groups in total. The molecule has 0 aromatic heterocycles. The number of nitrogens with zero attached hydrogens (tertiary/aromatic N) is 1. The molecule has 1 amide bonds. The molecule has 3 rings (SSSR count). The molecule has 1 saturated heterocycles. The van der Waals surface area contributed by atoms with E-state index >= 15 is 0 Å². The van der Waals surface area contributed by atoms with Crippen LogP contribution in [0.25, 0.3) is 0 Å². The van der Waals surface area contributed by atoms with Crippen molar-refractivity contribution in [2.24, 2.45) is 0 Å². The lowest BCUT2D eigenvalue weighted by Crippen LogP contribution is -2.42. The Bertz CT molecular complexity index is 717. The number of carbonyl (C=O) groups excluding carboxylic acids is 2. The van der Waals surface area contributed by atoms with E-state index in [4.69, 9.17) is 9.47 Å². The van der Waals surface area contributed by atoms with E-state index < -0.39 is 24.2 Å². The van der Waals surface area contributed by atoms with Gasteiger partial charge in [0.2, 0.25) is 0 Å². The minimum atomic E-state index is -0.819. The fourth-order valence-electron chi connectivity index (χ4n) is 3.04. The van der Waals surface area contributed by atoms with E-state index in [1.807, 2.05) is 67.6 Å². The zero-order valence-corrected chi connectivity index (χ0v) is 13.6. The Balaban J connectivity index is 1.98. The molecular formula is C19H19NO4. The lowest BCUT2D eigenvalue weighted by Gasteiger charge is -2.28. The van der Waals surface area contributed by atoms with Crippen LogP contribution in [0.1, 0.15) is 30.2 Å². The van der Waals surface area contributed by atoms with Crippen LogP contribution in [0.4, 0.5) is 4.79 Å². The lowest BCUT2D eigenvalue weighted by atomic mass is 9.99. The molecule has 3 atom stereocenters. The summed E-state index contributed by atoms with van der Waals surface area (Å²) in [7, 11) is 1.32. The van der Waals surface area contributed by atoms with Crippen LogP contribution < -0.4 is 0 Å². The number of cyclic esters (lactones) is 1. The summed E-state index contributed by atoms with van der Waals surface area (Å²) in [6, 6.07) is 17.7. The second-order valence-electron chi connectivity index (χ2n) is 5.68. The highest BCUT2D eigenvalue weighted by atomic mass is 16.6. The van der Waals surface area contributed by atoms with Crippen molar-refractivity contribution in [3.63, 3.8) is 0 Å². The van der Waals surface area contributed by atoms with Gasteiger partial charge in [-0.2, -0.15) is 0 Å². The number of methoxy groups -OCH3 is 1. The van der Waals surface area contributed by atoms with Gasteiger partial charge >= 0.3 is 12.1 Å². The molecule has 24 heavy (non-hydrogen) atoms. The Morgan fingerprint density at radius 2 is 1.67 bits per heavy atom. The summed E-state index contributed by atoms with van der Waals surface area (Å²) in [5, 5.41) is 0. The van der Waals surface area contributed by atoms with Crippen LogP contribution >= 0.6 is 0 Å². The SMILES string of the molecule is COC(=O)C1C(c2ccccc2)OC(=O)N1C(C)c1ccccc1. The Morgan fingerprint density at radius 3 is 2.25 bits per heavy atom. The monoisotopic (exact) mass is 325 g/mol. The maximum Gasteiger partial charge on any atom is 0.411 e. The van der Waals surface area contributed by atoms with Gasteiger partial charge in [0.1, 0.15) is 0 Å². The predicted octanol–water partition coefficient (Wildman–Crippen LogP) is 3.48. The molecule has 1 fully saturated rings. The fraction of sp³-hybridized carbons (Fsp3) is 0.263. The van der Waals surface area contributed by atoms with Crippen LogP contribution in [0, 0.1) is 0 Å². The number of carbonyl (C=O) groups is 2. The van der Waals surface area contributed by atoms with Gasteiger partial charge in [-0.1, -0.05) is 60.7 Å².